The van der Waals surface area contributed by atoms with Gasteiger partial charge in [0, 0.05) is 12.3 Å². The summed E-state index contributed by atoms with van der Waals surface area (Å²) < 4.78 is 7.25. The second-order valence-corrected chi connectivity index (χ2v) is 13.3. The molecule has 1 aromatic heterocycles. The lowest BCUT2D eigenvalue weighted by Crippen LogP contribution is -2.47. The third-order valence-electron chi connectivity index (χ3n) is 8.67. The molecule has 8 heteroatoms. The van der Waals surface area contributed by atoms with E-state index in [9.17, 15) is 19.8 Å². The summed E-state index contributed by atoms with van der Waals surface area (Å²) in [6.45, 7) is 13.1. The topological polar surface area (TPSA) is 112 Å². The number of aryl methyl sites for hydroxylation is 1. The Morgan fingerprint density at radius 2 is 2.00 bits per heavy atom. The average molecular weight is 543 g/mol. The lowest BCUT2D eigenvalue weighted by molar-refractivity contribution is -0.144. The van der Waals surface area contributed by atoms with Gasteiger partial charge in [0.25, 0.3) is 0 Å². The first kappa shape index (κ1) is 28.9. The molecule has 0 unspecified atom stereocenters. The molecule has 208 valence electrons. The quantitative estimate of drug-likeness (QED) is 0.371. The maximum absolute atomic E-state index is 13.6. The number of aliphatic hydroxyl groups excluding tert-OH is 2. The number of hydrogen-bond acceptors (Lipinski definition) is 7. The van der Waals surface area contributed by atoms with E-state index < -0.39 is 23.5 Å². The number of epoxide rings is 1. The van der Waals surface area contributed by atoms with Gasteiger partial charge in [0.1, 0.15) is 5.78 Å². The second-order valence-electron chi connectivity index (χ2n) is 12.0. The number of carbonyl (C=O) groups excluding carboxylic acids is 2. The zero-order valence-electron chi connectivity index (χ0n) is 23.2. The Balaban J connectivity index is 1.63. The SMILES string of the molecule is C=CC[C@H]1C(=O)C(C)(C)[C@@H](O)CC(=O)N[C@@H](c2ccc3sc(C)nc3c2)C[C@@H]2O[C@]2(C)CCC[C@H](C)[C@@H]1O. The third kappa shape index (κ3) is 6.03. The fourth-order valence-electron chi connectivity index (χ4n) is 5.83. The van der Waals surface area contributed by atoms with Crippen molar-refractivity contribution < 1.29 is 24.5 Å². The summed E-state index contributed by atoms with van der Waals surface area (Å²) in [5.41, 5.74) is 0.346. The summed E-state index contributed by atoms with van der Waals surface area (Å²) >= 11 is 1.63. The minimum absolute atomic E-state index is 0.00902. The first-order chi connectivity index (χ1) is 17.9. The zero-order valence-corrected chi connectivity index (χ0v) is 24.0. The number of thiazole rings is 1. The molecule has 0 aliphatic carbocycles. The van der Waals surface area contributed by atoms with Gasteiger partial charge in [0.05, 0.1) is 57.0 Å². The Hall–Kier alpha value is -2.13. The number of allylic oxidation sites excluding steroid dienone is 1. The predicted molar refractivity (Wildman–Crippen MR) is 150 cm³/mol. The monoisotopic (exact) mass is 542 g/mol. The van der Waals surface area contributed by atoms with Crippen molar-refractivity contribution in [3.8, 4) is 0 Å². The van der Waals surface area contributed by atoms with Gasteiger partial charge in [0.15, 0.2) is 0 Å². The van der Waals surface area contributed by atoms with Gasteiger partial charge in [0.2, 0.25) is 5.91 Å². The summed E-state index contributed by atoms with van der Waals surface area (Å²) in [4.78, 5) is 31.5. The van der Waals surface area contributed by atoms with Gasteiger partial charge in [-0.1, -0.05) is 39.3 Å². The minimum Gasteiger partial charge on any atom is -0.392 e. The fraction of sp³-hybridized carbons (Fsp3) is 0.633. The number of aromatic nitrogens is 1. The number of aliphatic hydroxyl groups is 2. The van der Waals surface area contributed by atoms with E-state index in [4.69, 9.17) is 4.74 Å². The number of hydrogen-bond donors (Lipinski definition) is 3. The number of ether oxygens (including phenoxy) is 1. The van der Waals surface area contributed by atoms with Crippen LogP contribution in [0.5, 0.6) is 0 Å². The van der Waals surface area contributed by atoms with Crippen LogP contribution in [0.4, 0.5) is 0 Å². The number of nitrogens with zero attached hydrogens (tertiary/aromatic N) is 1. The van der Waals surface area contributed by atoms with Crippen molar-refractivity contribution in [1.82, 2.24) is 10.3 Å². The highest BCUT2D eigenvalue weighted by molar-refractivity contribution is 7.18. The molecule has 0 spiro atoms. The number of nitrogens with one attached hydrogen (secondary N) is 1. The zero-order chi connectivity index (χ0) is 27.8. The molecule has 3 N–H and O–H groups in total. The van der Waals surface area contributed by atoms with Crippen molar-refractivity contribution in [2.75, 3.05) is 0 Å². The van der Waals surface area contributed by atoms with E-state index in [1.54, 1.807) is 31.3 Å². The van der Waals surface area contributed by atoms with Crippen LogP contribution in [-0.4, -0.2) is 50.8 Å². The molecule has 3 heterocycles. The van der Waals surface area contributed by atoms with E-state index in [0.29, 0.717) is 12.8 Å². The van der Waals surface area contributed by atoms with Crippen LogP contribution in [0, 0.1) is 24.2 Å². The largest absolute Gasteiger partial charge is 0.392 e. The van der Waals surface area contributed by atoms with Crippen LogP contribution < -0.4 is 5.32 Å². The fourth-order valence-corrected chi connectivity index (χ4v) is 6.63. The molecule has 1 aromatic carbocycles. The Morgan fingerprint density at radius 1 is 1.26 bits per heavy atom. The summed E-state index contributed by atoms with van der Waals surface area (Å²) in [7, 11) is 0. The van der Waals surface area contributed by atoms with Gasteiger partial charge in [-0.15, -0.1) is 17.9 Å². The molecule has 7 nitrogen and oxygen atoms in total. The molecule has 1 amide bonds. The molecule has 0 radical (unpaired) electrons. The van der Waals surface area contributed by atoms with Crippen LogP contribution >= 0.6 is 11.3 Å². The lowest BCUT2D eigenvalue weighted by Gasteiger charge is -2.36. The molecular weight excluding hydrogens is 500 g/mol. The molecule has 0 saturated carbocycles. The molecule has 7 atom stereocenters. The van der Waals surface area contributed by atoms with Crippen LogP contribution in [0.1, 0.15) is 82.8 Å². The predicted octanol–water partition coefficient (Wildman–Crippen LogP) is 5.03. The summed E-state index contributed by atoms with van der Waals surface area (Å²) in [6, 6.07) is 5.77. The minimum atomic E-state index is -1.21. The van der Waals surface area contributed by atoms with Crippen LogP contribution in [0.3, 0.4) is 0 Å². The van der Waals surface area contributed by atoms with Crippen LogP contribution in [0.2, 0.25) is 0 Å². The maximum Gasteiger partial charge on any atom is 0.223 e. The highest BCUT2D eigenvalue weighted by atomic mass is 32.1. The van der Waals surface area contributed by atoms with Crippen LogP contribution in [0.15, 0.2) is 30.9 Å². The van der Waals surface area contributed by atoms with Crippen molar-refractivity contribution in [2.24, 2.45) is 17.3 Å². The molecule has 2 aromatic rings. The van der Waals surface area contributed by atoms with E-state index in [1.165, 1.54) is 0 Å². The van der Waals surface area contributed by atoms with Crippen LogP contribution in [-0.2, 0) is 14.3 Å². The van der Waals surface area contributed by atoms with Gasteiger partial charge in [-0.25, -0.2) is 4.98 Å². The summed E-state index contributed by atoms with van der Waals surface area (Å²) in [5.74, 6) is -1.37. The number of Topliss-reactive ketones (excluding diaryl/α,β-unsaturated/α-hetero) is 1. The molecule has 2 fully saturated rings. The maximum atomic E-state index is 13.6. The normalized spacial score (nSPS) is 34.9. The third-order valence-corrected chi connectivity index (χ3v) is 9.63. The molecule has 2 aliphatic heterocycles. The van der Waals surface area contributed by atoms with E-state index >= 15 is 0 Å². The molecule has 2 aliphatic rings. The summed E-state index contributed by atoms with van der Waals surface area (Å²) in [6.07, 6.45) is 2.73. The smallest absolute Gasteiger partial charge is 0.223 e. The van der Waals surface area contributed by atoms with E-state index in [-0.39, 0.29) is 41.8 Å². The van der Waals surface area contributed by atoms with Crippen LogP contribution in [0.25, 0.3) is 10.2 Å². The number of rotatable bonds is 3. The van der Waals surface area contributed by atoms with Crippen molar-refractivity contribution in [2.45, 2.75) is 103 Å². The number of fused-ring (bicyclic) bond motifs is 2. The van der Waals surface area contributed by atoms with Crippen molar-refractivity contribution >= 4 is 33.2 Å². The van der Waals surface area contributed by atoms with Crippen molar-refractivity contribution in [1.29, 1.82) is 0 Å². The summed E-state index contributed by atoms with van der Waals surface area (Å²) in [5, 5.41) is 26.3. The van der Waals surface area contributed by atoms with Crippen molar-refractivity contribution in [3.63, 3.8) is 0 Å². The first-order valence-electron chi connectivity index (χ1n) is 13.7. The van der Waals surface area contributed by atoms with E-state index in [2.05, 4.69) is 23.8 Å². The Morgan fingerprint density at radius 3 is 2.71 bits per heavy atom. The highest BCUT2D eigenvalue weighted by Gasteiger charge is 2.52. The molecule has 4 rings (SSSR count). The van der Waals surface area contributed by atoms with Gasteiger partial charge >= 0.3 is 0 Å². The van der Waals surface area contributed by atoms with Gasteiger partial charge in [-0.2, -0.15) is 0 Å². The van der Waals surface area contributed by atoms with Gasteiger partial charge in [-0.3, -0.25) is 9.59 Å². The second kappa shape index (κ2) is 11.2. The molecule has 0 bridgehead atoms. The molecule has 2 saturated heterocycles. The van der Waals surface area contributed by atoms with Gasteiger partial charge in [-0.05, 0) is 56.7 Å². The Labute approximate surface area is 229 Å². The standard InChI is InChI=1S/C30H42N2O5S/c1-7-9-20-27(35)17(2)10-8-13-30(6)25(37-30)15-21(19-11-12-23-22(14-19)31-18(3)38-23)32-26(34)16-24(33)29(4,5)28(20)36/h7,11-12,14,17,20-21,24-25,27,33,35H,1,8-10,13,15-16H2,2-6H3,(H,32,34)/t17-,20+,21+,24-,25-,27-,30+/m0/s1. The van der Waals surface area contributed by atoms with E-state index in [0.717, 1.165) is 40.1 Å². The lowest BCUT2D eigenvalue weighted by atomic mass is 9.71. The average Bonchev–Trinajstić information content (AvgIpc) is 3.32. The highest BCUT2D eigenvalue weighted by Crippen LogP contribution is 2.46. The number of carbonyl (C=O) groups is 2. The molecule has 38 heavy (non-hydrogen) atoms. The first-order valence-corrected chi connectivity index (χ1v) is 14.5. The Bertz CT molecular complexity index is 1190. The molecular formula is C30H42N2O5S. The number of benzene rings is 1. The van der Waals surface area contributed by atoms with E-state index in [1.807, 2.05) is 32.0 Å². The Kier molecular flexibility index (Phi) is 8.48. The van der Waals surface area contributed by atoms with Gasteiger partial charge < -0.3 is 20.3 Å². The number of amides is 1. The number of ketones is 1. The van der Waals surface area contributed by atoms with Crippen molar-refractivity contribution in [3.05, 3.63) is 41.4 Å².